The largest absolute Gasteiger partial charge is 0.481 e. The Bertz CT molecular complexity index is 506. The summed E-state index contributed by atoms with van der Waals surface area (Å²) in [4.78, 5) is 20.6. The Morgan fingerprint density at radius 1 is 1.29 bits per heavy atom. The standard InChI is InChI=1S/C10H11NO5S/c12-7-8-1-3-9(4-2-8)17(15,16)11-6-5-10(13)14/h1-4,7,11H,5-6H2,(H,13,14). The van der Waals surface area contributed by atoms with Crippen LogP contribution < -0.4 is 4.72 Å². The van der Waals surface area contributed by atoms with Crippen molar-refractivity contribution in [3.63, 3.8) is 0 Å². The molecule has 1 aromatic carbocycles. The van der Waals surface area contributed by atoms with Gasteiger partial charge in [0.25, 0.3) is 0 Å². The number of nitrogens with one attached hydrogen (secondary N) is 1. The van der Waals surface area contributed by atoms with E-state index in [1.165, 1.54) is 24.3 Å². The Balaban J connectivity index is 2.75. The highest BCUT2D eigenvalue weighted by Crippen LogP contribution is 2.09. The number of carboxylic acids is 1. The molecule has 0 bridgehead atoms. The molecule has 0 saturated carbocycles. The van der Waals surface area contributed by atoms with Crippen LogP contribution in [-0.2, 0) is 14.8 Å². The van der Waals surface area contributed by atoms with Crippen LogP contribution in [0.15, 0.2) is 29.2 Å². The number of aliphatic carboxylic acids is 1. The Labute approximate surface area is 98.3 Å². The summed E-state index contributed by atoms with van der Waals surface area (Å²) in [6.45, 7) is -0.174. The van der Waals surface area contributed by atoms with Crippen LogP contribution in [0.25, 0.3) is 0 Å². The fourth-order valence-electron chi connectivity index (χ4n) is 1.10. The van der Waals surface area contributed by atoms with Gasteiger partial charge in [0.05, 0.1) is 11.3 Å². The highest BCUT2D eigenvalue weighted by molar-refractivity contribution is 7.89. The van der Waals surface area contributed by atoms with Gasteiger partial charge in [0.1, 0.15) is 6.29 Å². The molecule has 0 fully saturated rings. The number of carboxylic acid groups (broad SMARTS) is 1. The number of hydrogen-bond donors (Lipinski definition) is 2. The molecule has 1 rings (SSSR count). The molecule has 0 aromatic heterocycles. The van der Waals surface area contributed by atoms with E-state index in [0.717, 1.165) is 0 Å². The molecule has 0 amide bonds. The minimum atomic E-state index is -3.71. The molecule has 6 nitrogen and oxygen atoms in total. The molecule has 0 aliphatic heterocycles. The summed E-state index contributed by atoms with van der Waals surface area (Å²) < 4.78 is 25.4. The normalized spacial score (nSPS) is 11.1. The number of sulfonamides is 1. The van der Waals surface area contributed by atoms with Crippen molar-refractivity contribution in [1.82, 2.24) is 4.72 Å². The molecule has 0 heterocycles. The van der Waals surface area contributed by atoms with Crippen molar-refractivity contribution in [2.24, 2.45) is 0 Å². The molecule has 0 atom stereocenters. The summed E-state index contributed by atoms with van der Waals surface area (Å²) in [5.41, 5.74) is 0.370. The highest BCUT2D eigenvalue weighted by atomic mass is 32.2. The molecule has 0 radical (unpaired) electrons. The van der Waals surface area contributed by atoms with Crippen molar-refractivity contribution in [1.29, 1.82) is 0 Å². The number of rotatable bonds is 6. The van der Waals surface area contributed by atoms with Crippen LogP contribution in [0.2, 0.25) is 0 Å². The first-order chi connectivity index (χ1) is 7.95. The predicted octanol–water partition coefficient (Wildman–Crippen LogP) is 0.252. The third-order valence-electron chi connectivity index (χ3n) is 1.96. The Morgan fingerprint density at radius 3 is 2.35 bits per heavy atom. The van der Waals surface area contributed by atoms with Crippen LogP contribution in [0, 0.1) is 0 Å². The fourth-order valence-corrected chi connectivity index (χ4v) is 2.13. The van der Waals surface area contributed by atoms with Gasteiger partial charge in [-0.05, 0) is 12.1 Å². The topological polar surface area (TPSA) is 101 Å². The van der Waals surface area contributed by atoms with E-state index < -0.39 is 16.0 Å². The second-order valence-electron chi connectivity index (χ2n) is 3.23. The molecule has 0 spiro atoms. The van der Waals surface area contributed by atoms with E-state index in [1.54, 1.807) is 0 Å². The van der Waals surface area contributed by atoms with Crippen LogP contribution in [0.1, 0.15) is 16.8 Å². The van der Waals surface area contributed by atoms with Crippen molar-refractivity contribution < 1.29 is 23.1 Å². The van der Waals surface area contributed by atoms with Gasteiger partial charge in [-0.3, -0.25) is 9.59 Å². The number of hydrogen-bond acceptors (Lipinski definition) is 4. The SMILES string of the molecule is O=Cc1ccc(S(=O)(=O)NCCC(=O)O)cc1. The molecule has 0 saturated heterocycles. The van der Waals surface area contributed by atoms with Gasteiger partial charge in [0, 0.05) is 12.1 Å². The second-order valence-corrected chi connectivity index (χ2v) is 5.00. The monoisotopic (exact) mass is 257 g/mol. The first kappa shape index (κ1) is 13.3. The quantitative estimate of drug-likeness (QED) is 0.711. The van der Waals surface area contributed by atoms with Crippen molar-refractivity contribution >= 4 is 22.3 Å². The third-order valence-corrected chi connectivity index (χ3v) is 3.43. The van der Waals surface area contributed by atoms with E-state index in [2.05, 4.69) is 4.72 Å². The minimum absolute atomic E-state index is 0.00603. The van der Waals surface area contributed by atoms with Gasteiger partial charge >= 0.3 is 5.97 Å². The Morgan fingerprint density at radius 2 is 1.88 bits per heavy atom. The zero-order valence-electron chi connectivity index (χ0n) is 8.79. The summed E-state index contributed by atoms with van der Waals surface area (Å²) in [7, 11) is -3.71. The fraction of sp³-hybridized carbons (Fsp3) is 0.200. The summed E-state index contributed by atoms with van der Waals surface area (Å²) in [6.07, 6.45) is 0.319. The van der Waals surface area contributed by atoms with E-state index in [0.29, 0.717) is 11.8 Å². The van der Waals surface area contributed by atoms with Gasteiger partial charge in [-0.2, -0.15) is 0 Å². The van der Waals surface area contributed by atoms with Crippen molar-refractivity contribution in [3.05, 3.63) is 29.8 Å². The van der Waals surface area contributed by atoms with Gasteiger partial charge in [0.2, 0.25) is 10.0 Å². The van der Waals surface area contributed by atoms with Crippen LogP contribution in [0.3, 0.4) is 0 Å². The van der Waals surface area contributed by atoms with Gasteiger partial charge in [-0.15, -0.1) is 0 Å². The maximum atomic E-state index is 11.6. The van der Waals surface area contributed by atoms with Crippen molar-refractivity contribution in [2.45, 2.75) is 11.3 Å². The van der Waals surface area contributed by atoms with E-state index in [9.17, 15) is 18.0 Å². The lowest BCUT2D eigenvalue weighted by atomic mass is 10.2. The summed E-state index contributed by atoms with van der Waals surface area (Å²) >= 11 is 0. The Hall–Kier alpha value is -1.73. The number of carbonyl (C=O) groups is 2. The lowest BCUT2D eigenvalue weighted by molar-refractivity contribution is -0.136. The summed E-state index contributed by atoms with van der Waals surface area (Å²) in [6, 6.07) is 5.32. The maximum absolute atomic E-state index is 11.6. The maximum Gasteiger partial charge on any atom is 0.304 e. The summed E-state index contributed by atoms with van der Waals surface area (Å²) in [5, 5.41) is 8.38. The van der Waals surface area contributed by atoms with E-state index in [1.807, 2.05) is 0 Å². The van der Waals surface area contributed by atoms with Gasteiger partial charge in [0.15, 0.2) is 0 Å². The van der Waals surface area contributed by atoms with E-state index in [-0.39, 0.29) is 17.9 Å². The lowest BCUT2D eigenvalue weighted by Crippen LogP contribution is -2.26. The molecular formula is C10H11NO5S. The highest BCUT2D eigenvalue weighted by Gasteiger charge is 2.13. The van der Waals surface area contributed by atoms with Gasteiger partial charge in [-0.1, -0.05) is 12.1 Å². The molecule has 7 heteroatoms. The molecule has 92 valence electrons. The molecule has 0 aliphatic carbocycles. The molecule has 0 unspecified atom stereocenters. The second kappa shape index (κ2) is 5.55. The first-order valence-electron chi connectivity index (χ1n) is 4.72. The molecule has 1 aromatic rings. The van der Waals surface area contributed by atoms with Crippen molar-refractivity contribution in [3.8, 4) is 0 Å². The van der Waals surface area contributed by atoms with Crippen LogP contribution in [-0.4, -0.2) is 32.3 Å². The average molecular weight is 257 g/mol. The smallest absolute Gasteiger partial charge is 0.304 e. The number of aldehydes is 1. The molecular weight excluding hydrogens is 246 g/mol. The van der Waals surface area contributed by atoms with Crippen LogP contribution >= 0.6 is 0 Å². The predicted molar refractivity (Wildman–Crippen MR) is 59.3 cm³/mol. The number of carbonyl (C=O) groups excluding carboxylic acids is 1. The lowest BCUT2D eigenvalue weighted by Gasteiger charge is -2.05. The third kappa shape index (κ3) is 3.97. The van der Waals surface area contributed by atoms with E-state index >= 15 is 0 Å². The van der Waals surface area contributed by atoms with Gasteiger partial charge < -0.3 is 5.11 Å². The van der Waals surface area contributed by atoms with Crippen LogP contribution in [0.4, 0.5) is 0 Å². The Kier molecular flexibility index (Phi) is 4.36. The first-order valence-corrected chi connectivity index (χ1v) is 6.21. The number of benzene rings is 1. The molecule has 2 N–H and O–H groups in total. The van der Waals surface area contributed by atoms with Crippen LogP contribution in [0.5, 0.6) is 0 Å². The minimum Gasteiger partial charge on any atom is -0.481 e. The zero-order valence-corrected chi connectivity index (χ0v) is 9.61. The van der Waals surface area contributed by atoms with Crippen molar-refractivity contribution in [2.75, 3.05) is 6.54 Å². The molecule has 0 aliphatic rings. The average Bonchev–Trinajstić information content (AvgIpc) is 2.28. The summed E-state index contributed by atoms with van der Waals surface area (Å²) in [5.74, 6) is -1.08. The zero-order chi connectivity index (χ0) is 12.9. The van der Waals surface area contributed by atoms with E-state index in [4.69, 9.17) is 5.11 Å². The molecule has 17 heavy (non-hydrogen) atoms. The van der Waals surface area contributed by atoms with Gasteiger partial charge in [-0.25, -0.2) is 13.1 Å².